The van der Waals surface area contributed by atoms with Crippen molar-refractivity contribution in [1.82, 2.24) is 4.98 Å². The molecule has 0 spiro atoms. The van der Waals surface area contributed by atoms with Crippen LogP contribution in [0, 0.1) is 13.8 Å². The van der Waals surface area contributed by atoms with Gasteiger partial charge in [-0.1, -0.05) is 29.8 Å². The molecular weight excluding hydrogens is 270 g/mol. The van der Waals surface area contributed by atoms with Crippen molar-refractivity contribution in [1.29, 1.82) is 0 Å². The predicted octanol–water partition coefficient (Wildman–Crippen LogP) is 4.67. The lowest BCUT2D eigenvalue weighted by Crippen LogP contribution is -2.03. The van der Waals surface area contributed by atoms with Crippen LogP contribution >= 0.6 is 11.6 Å². The third kappa shape index (κ3) is 2.02. The van der Waals surface area contributed by atoms with E-state index >= 15 is 0 Å². The van der Waals surface area contributed by atoms with E-state index in [2.05, 4.69) is 4.98 Å². The molecule has 3 rings (SSSR count). The van der Waals surface area contributed by atoms with Gasteiger partial charge in [0.1, 0.15) is 0 Å². The first kappa shape index (κ1) is 12.9. The number of halogens is 1. The van der Waals surface area contributed by atoms with Crippen LogP contribution in [-0.4, -0.2) is 10.8 Å². The second kappa shape index (κ2) is 4.80. The van der Waals surface area contributed by atoms with Gasteiger partial charge in [-0.2, -0.15) is 0 Å². The van der Waals surface area contributed by atoms with Gasteiger partial charge in [0.15, 0.2) is 5.78 Å². The molecular formula is C17H14ClNO. The Kier molecular flexibility index (Phi) is 3.11. The Hall–Kier alpha value is -2.06. The SMILES string of the molecule is Cc1ccc(Cl)cc1C(=O)c1c[nH]c2cccc(C)c12. The second-order valence-corrected chi connectivity index (χ2v) is 5.42. The Morgan fingerprint density at radius 1 is 1.05 bits per heavy atom. The Labute approximate surface area is 122 Å². The van der Waals surface area contributed by atoms with Crippen LogP contribution < -0.4 is 0 Å². The standard InChI is InChI=1S/C17H14ClNO/c1-10-6-7-12(18)8-13(10)17(20)14-9-19-15-5-3-4-11(2)16(14)15/h3-9,19H,1-2H3. The first-order valence-electron chi connectivity index (χ1n) is 6.45. The van der Waals surface area contributed by atoms with E-state index in [1.54, 1.807) is 18.3 Å². The van der Waals surface area contributed by atoms with E-state index in [-0.39, 0.29) is 5.78 Å². The van der Waals surface area contributed by atoms with Crippen molar-refractivity contribution in [3.8, 4) is 0 Å². The molecule has 0 aliphatic rings. The second-order valence-electron chi connectivity index (χ2n) is 4.99. The molecule has 3 heteroatoms. The highest BCUT2D eigenvalue weighted by molar-refractivity contribution is 6.31. The number of aryl methyl sites for hydroxylation is 2. The fourth-order valence-electron chi connectivity index (χ4n) is 2.53. The summed E-state index contributed by atoms with van der Waals surface area (Å²) in [6, 6.07) is 11.4. The molecule has 2 nitrogen and oxygen atoms in total. The Balaban J connectivity index is 2.21. The third-order valence-corrected chi connectivity index (χ3v) is 3.84. The number of aromatic amines is 1. The lowest BCUT2D eigenvalue weighted by molar-refractivity contribution is 0.103. The molecule has 100 valence electrons. The molecule has 0 aliphatic heterocycles. The topological polar surface area (TPSA) is 32.9 Å². The van der Waals surface area contributed by atoms with Crippen molar-refractivity contribution in [3.05, 3.63) is 69.9 Å². The largest absolute Gasteiger partial charge is 0.360 e. The molecule has 0 radical (unpaired) electrons. The molecule has 2 aromatic carbocycles. The number of nitrogens with one attached hydrogen (secondary N) is 1. The van der Waals surface area contributed by atoms with Gasteiger partial charge in [0.05, 0.1) is 0 Å². The fourth-order valence-corrected chi connectivity index (χ4v) is 2.70. The van der Waals surface area contributed by atoms with Gasteiger partial charge in [-0.3, -0.25) is 4.79 Å². The molecule has 0 bridgehead atoms. The quantitative estimate of drug-likeness (QED) is 0.681. The predicted molar refractivity (Wildman–Crippen MR) is 82.7 cm³/mol. The first-order chi connectivity index (χ1) is 9.58. The van der Waals surface area contributed by atoms with Gasteiger partial charge in [-0.15, -0.1) is 0 Å². The van der Waals surface area contributed by atoms with Crippen LogP contribution in [0.25, 0.3) is 10.9 Å². The number of benzene rings is 2. The highest BCUT2D eigenvalue weighted by Gasteiger charge is 2.17. The lowest BCUT2D eigenvalue weighted by Gasteiger charge is -2.06. The van der Waals surface area contributed by atoms with E-state index in [1.165, 1.54) is 0 Å². The highest BCUT2D eigenvalue weighted by Crippen LogP contribution is 2.26. The highest BCUT2D eigenvalue weighted by atomic mass is 35.5. The van der Waals surface area contributed by atoms with E-state index in [9.17, 15) is 4.79 Å². The van der Waals surface area contributed by atoms with Gasteiger partial charge in [0.2, 0.25) is 0 Å². The summed E-state index contributed by atoms with van der Waals surface area (Å²) in [6.07, 6.45) is 1.78. The minimum Gasteiger partial charge on any atom is -0.360 e. The smallest absolute Gasteiger partial charge is 0.195 e. The number of ketones is 1. The van der Waals surface area contributed by atoms with Crippen molar-refractivity contribution >= 4 is 28.3 Å². The average molecular weight is 284 g/mol. The molecule has 1 aromatic heterocycles. The Morgan fingerprint density at radius 3 is 2.65 bits per heavy atom. The molecule has 3 aromatic rings. The molecule has 0 saturated heterocycles. The van der Waals surface area contributed by atoms with Gasteiger partial charge in [-0.25, -0.2) is 0 Å². The van der Waals surface area contributed by atoms with Crippen LogP contribution in [0.15, 0.2) is 42.6 Å². The van der Waals surface area contributed by atoms with E-state index < -0.39 is 0 Å². The van der Waals surface area contributed by atoms with Gasteiger partial charge in [-0.05, 0) is 43.2 Å². The molecule has 0 unspecified atom stereocenters. The summed E-state index contributed by atoms with van der Waals surface area (Å²) < 4.78 is 0. The maximum absolute atomic E-state index is 12.8. The van der Waals surface area contributed by atoms with E-state index in [4.69, 9.17) is 11.6 Å². The van der Waals surface area contributed by atoms with E-state index in [0.717, 1.165) is 22.0 Å². The third-order valence-electron chi connectivity index (χ3n) is 3.60. The zero-order valence-corrected chi connectivity index (χ0v) is 12.1. The fraction of sp³-hybridized carbons (Fsp3) is 0.118. The number of aromatic nitrogens is 1. The molecule has 20 heavy (non-hydrogen) atoms. The summed E-state index contributed by atoms with van der Waals surface area (Å²) in [6.45, 7) is 3.93. The number of hydrogen-bond acceptors (Lipinski definition) is 1. The maximum atomic E-state index is 12.8. The monoisotopic (exact) mass is 283 g/mol. The normalized spacial score (nSPS) is 10.9. The number of carbonyl (C=O) groups is 1. The molecule has 0 aliphatic carbocycles. The van der Waals surface area contributed by atoms with Crippen LogP contribution in [0.5, 0.6) is 0 Å². The van der Waals surface area contributed by atoms with Crippen molar-refractivity contribution in [2.45, 2.75) is 13.8 Å². The van der Waals surface area contributed by atoms with Gasteiger partial charge in [0.25, 0.3) is 0 Å². The molecule has 0 atom stereocenters. The molecule has 0 amide bonds. The summed E-state index contributed by atoms with van der Waals surface area (Å²) in [5.74, 6) is 0.00514. The number of hydrogen-bond donors (Lipinski definition) is 1. The lowest BCUT2D eigenvalue weighted by atomic mass is 9.97. The summed E-state index contributed by atoms with van der Waals surface area (Å²) in [4.78, 5) is 15.9. The molecule has 0 saturated carbocycles. The average Bonchev–Trinajstić information content (AvgIpc) is 2.86. The van der Waals surface area contributed by atoms with Crippen LogP contribution in [0.4, 0.5) is 0 Å². The van der Waals surface area contributed by atoms with Crippen LogP contribution in [0.1, 0.15) is 27.0 Å². The summed E-state index contributed by atoms with van der Waals surface area (Å²) in [5.41, 5.74) is 4.35. The summed E-state index contributed by atoms with van der Waals surface area (Å²) >= 11 is 6.01. The van der Waals surface area contributed by atoms with Gasteiger partial charge >= 0.3 is 0 Å². The molecule has 0 fully saturated rings. The van der Waals surface area contributed by atoms with Crippen LogP contribution in [0.3, 0.4) is 0 Å². The maximum Gasteiger partial charge on any atom is 0.195 e. The van der Waals surface area contributed by atoms with Crippen LogP contribution in [0.2, 0.25) is 5.02 Å². The number of H-pyrrole nitrogens is 1. The van der Waals surface area contributed by atoms with Gasteiger partial charge in [0, 0.05) is 33.2 Å². The number of rotatable bonds is 2. The summed E-state index contributed by atoms with van der Waals surface area (Å²) in [5, 5.41) is 1.56. The minimum atomic E-state index is 0.00514. The van der Waals surface area contributed by atoms with Crippen molar-refractivity contribution in [2.24, 2.45) is 0 Å². The van der Waals surface area contributed by atoms with Crippen LogP contribution in [-0.2, 0) is 0 Å². The zero-order chi connectivity index (χ0) is 14.3. The number of fused-ring (bicyclic) bond motifs is 1. The van der Waals surface area contributed by atoms with E-state index in [0.29, 0.717) is 16.1 Å². The minimum absolute atomic E-state index is 0.00514. The first-order valence-corrected chi connectivity index (χ1v) is 6.83. The molecule has 1 heterocycles. The number of carbonyl (C=O) groups excluding carboxylic acids is 1. The molecule has 1 N–H and O–H groups in total. The van der Waals surface area contributed by atoms with Gasteiger partial charge < -0.3 is 4.98 Å². The van der Waals surface area contributed by atoms with Crippen molar-refractivity contribution in [3.63, 3.8) is 0 Å². The zero-order valence-electron chi connectivity index (χ0n) is 11.3. The van der Waals surface area contributed by atoms with Crippen molar-refractivity contribution in [2.75, 3.05) is 0 Å². The Bertz CT molecular complexity index is 817. The van der Waals surface area contributed by atoms with E-state index in [1.807, 2.05) is 38.1 Å². The van der Waals surface area contributed by atoms with Crippen molar-refractivity contribution < 1.29 is 4.79 Å². The summed E-state index contributed by atoms with van der Waals surface area (Å²) in [7, 11) is 0. The Morgan fingerprint density at radius 2 is 1.85 bits per heavy atom.